The maximum Gasteiger partial charge on any atom is 0.326 e. The lowest BCUT2D eigenvalue weighted by Gasteiger charge is -2.34. The molecule has 33 heavy (non-hydrogen) atoms. The molecule has 2 fully saturated rings. The number of amides is 3. The number of nitrogens with one attached hydrogen (secondary N) is 2. The third-order valence-electron chi connectivity index (χ3n) is 6.75. The lowest BCUT2D eigenvalue weighted by atomic mass is 9.96. The third kappa shape index (κ3) is 5.52. The van der Waals surface area contributed by atoms with Gasteiger partial charge in [-0.25, -0.2) is 9.78 Å². The number of rotatable bonds is 9. The molecule has 2 aliphatic heterocycles. The fourth-order valence-corrected chi connectivity index (χ4v) is 4.61. The van der Waals surface area contributed by atoms with E-state index in [1.807, 2.05) is 13.8 Å². The molecule has 3 rings (SSSR count). The van der Waals surface area contributed by atoms with E-state index in [4.69, 9.17) is 5.73 Å². The SMILES string of the molecule is CCC(C)C(NC(=O)C(N)Cc1cnc[nH]1)C(=O)N1CCCC1C(=O)N1CCCC1C(=O)O. The molecule has 182 valence electrons. The molecule has 11 heteroatoms. The highest BCUT2D eigenvalue weighted by Crippen LogP contribution is 2.26. The van der Waals surface area contributed by atoms with Crippen molar-refractivity contribution < 1.29 is 24.3 Å². The first-order chi connectivity index (χ1) is 15.7. The summed E-state index contributed by atoms with van der Waals surface area (Å²) in [5.74, 6) is -2.29. The van der Waals surface area contributed by atoms with E-state index < -0.39 is 36.0 Å². The standard InChI is InChI=1S/C22H34N6O5/c1-3-13(2)18(26-19(29)15(23)10-14-11-24-12-25-14)21(31)27-8-4-6-16(27)20(30)28-9-5-7-17(28)22(32)33/h11-13,15-18H,3-10,23H2,1-2H3,(H,24,25)(H,26,29)(H,32,33). The quantitative estimate of drug-likeness (QED) is 0.397. The van der Waals surface area contributed by atoms with Crippen LogP contribution in [0.5, 0.6) is 0 Å². The van der Waals surface area contributed by atoms with Crippen molar-refractivity contribution in [2.75, 3.05) is 13.1 Å². The summed E-state index contributed by atoms with van der Waals surface area (Å²) < 4.78 is 0. The van der Waals surface area contributed by atoms with Gasteiger partial charge in [-0.1, -0.05) is 20.3 Å². The molecular formula is C22H34N6O5. The second-order valence-electron chi connectivity index (χ2n) is 8.98. The molecule has 3 amide bonds. The first kappa shape index (κ1) is 24.7. The number of aliphatic carboxylic acids is 1. The minimum absolute atomic E-state index is 0.171. The Kier molecular flexibility index (Phi) is 8.06. The summed E-state index contributed by atoms with van der Waals surface area (Å²) in [6.07, 6.45) is 6.17. The largest absolute Gasteiger partial charge is 0.480 e. The lowest BCUT2D eigenvalue weighted by Crippen LogP contribution is -2.58. The zero-order chi connectivity index (χ0) is 24.1. The fourth-order valence-electron chi connectivity index (χ4n) is 4.61. The molecule has 11 nitrogen and oxygen atoms in total. The predicted molar refractivity (Wildman–Crippen MR) is 119 cm³/mol. The molecule has 1 aromatic heterocycles. The van der Waals surface area contributed by atoms with Crippen molar-refractivity contribution in [3.63, 3.8) is 0 Å². The van der Waals surface area contributed by atoms with Crippen LogP contribution >= 0.6 is 0 Å². The van der Waals surface area contributed by atoms with Gasteiger partial charge in [-0.3, -0.25) is 14.4 Å². The van der Waals surface area contributed by atoms with Crippen molar-refractivity contribution in [2.24, 2.45) is 11.7 Å². The van der Waals surface area contributed by atoms with Crippen molar-refractivity contribution in [1.29, 1.82) is 0 Å². The number of aromatic amines is 1. The summed E-state index contributed by atoms with van der Waals surface area (Å²) in [6, 6.07) is -3.24. The van der Waals surface area contributed by atoms with Gasteiger partial charge in [-0.2, -0.15) is 0 Å². The Bertz CT molecular complexity index is 859. The highest BCUT2D eigenvalue weighted by atomic mass is 16.4. The van der Waals surface area contributed by atoms with Crippen LogP contribution in [0.15, 0.2) is 12.5 Å². The molecule has 0 aromatic carbocycles. The zero-order valence-corrected chi connectivity index (χ0v) is 19.2. The third-order valence-corrected chi connectivity index (χ3v) is 6.75. The molecule has 2 aliphatic rings. The van der Waals surface area contributed by atoms with Crippen LogP contribution in [-0.2, 0) is 25.6 Å². The molecule has 0 bridgehead atoms. The first-order valence-electron chi connectivity index (χ1n) is 11.6. The normalized spacial score (nSPS) is 23.2. The van der Waals surface area contributed by atoms with Crippen LogP contribution in [0.1, 0.15) is 51.6 Å². The van der Waals surface area contributed by atoms with Crippen LogP contribution in [-0.4, -0.2) is 85.8 Å². The van der Waals surface area contributed by atoms with E-state index in [0.717, 1.165) is 0 Å². The fraction of sp³-hybridized carbons (Fsp3) is 0.682. The number of likely N-dealkylation sites (tertiary alicyclic amines) is 2. The smallest absolute Gasteiger partial charge is 0.326 e. The van der Waals surface area contributed by atoms with Gasteiger partial charge in [-0.05, 0) is 31.6 Å². The summed E-state index contributed by atoms with van der Waals surface area (Å²) in [5, 5.41) is 12.3. The number of nitrogens with zero attached hydrogens (tertiary/aromatic N) is 3. The first-order valence-corrected chi connectivity index (χ1v) is 11.6. The van der Waals surface area contributed by atoms with Gasteiger partial charge in [-0.15, -0.1) is 0 Å². The molecule has 0 spiro atoms. The number of carbonyl (C=O) groups excluding carboxylic acids is 3. The Morgan fingerprint density at radius 3 is 2.48 bits per heavy atom. The summed E-state index contributed by atoms with van der Waals surface area (Å²) in [5.41, 5.74) is 6.77. The van der Waals surface area contributed by atoms with Crippen LogP contribution in [0, 0.1) is 5.92 Å². The highest BCUT2D eigenvalue weighted by Gasteiger charge is 2.44. The maximum absolute atomic E-state index is 13.5. The van der Waals surface area contributed by atoms with Gasteiger partial charge >= 0.3 is 5.97 Å². The van der Waals surface area contributed by atoms with Crippen molar-refractivity contribution in [2.45, 2.75) is 76.5 Å². The van der Waals surface area contributed by atoms with E-state index in [1.165, 1.54) is 16.1 Å². The van der Waals surface area contributed by atoms with Crippen molar-refractivity contribution >= 4 is 23.7 Å². The minimum Gasteiger partial charge on any atom is -0.480 e. The van der Waals surface area contributed by atoms with E-state index in [9.17, 15) is 24.3 Å². The monoisotopic (exact) mass is 462 g/mol. The average molecular weight is 463 g/mol. The average Bonchev–Trinajstić information content (AvgIpc) is 3.56. The number of carbonyl (C=O) groups is 4. The van der Waals surface area contributed by atoms with Crippen LogP contribution in [0.2, 0.25) is 0 Å². The van der Waals surface area contributed by atoms with Gasteiger partial charge in [0.1, 0.15) is 18.1 Å². The van der Waals surface area contributed by atoms with Gasteiger partial charge in [0, 0.05) is 31.4 Å². The molecule has 0 saturated carbocycles. The molecule has 2 saturated heterocycles. The molecule has 0 aliphatic carbocycles. The number of carboxylic acids is 1. The lowest BCUT2D eigenvalue weighted by molar-refractivity contribution is -0.152. The Balaban J connectivity index is 1.71. The van der Waals surface area contributed by atoms with E-state index in [1.54, 1.807) is 6.20 Å². The van der Waals surface area contributed by atoms with Crippen molar-refractivity contribution in [3.8, 4) is 0 Å². The number of imidazole rings is 1. The van der Waals surface area contributed by atoms with Crippen LogP contribution in [0.4, 0.5) is 0 Å². The molecule has 5 atom stereocenters. The second kappa shape index (κ2) is 10.8. The molecule has 3 heterocycles. The Morgan fingerprint density at radius 1 is 1.21 bits per heavy atom. The summed E-state index contributed by atoms with van der Waals surface area (Å²) in [4.78, 5) is 60.8. The number of H-pyrrole nitrogens is 1. The van der Waals surface area contributed by atoms with Gasteiger partial charge in [0.05, 0.1) is 12.4 Å². The highest BCUT2D eigenvalue weighted by molar-refractivity contribution is 5.95. The molecule has 1 aromatic rings. The second-order valence-corrected chi connectivity index (χ2v) is 8.98. The zero-order valence-electron chi connectivity index (χ0n) is 19.2. The van der Waals surface area contributed by atoms with Gasteiger partial charge in [0.25, 0.3) is 0 Å². The van der Waals surface area contributed by atoms with Crippen LogP contribution in [0.25, 0.3) is 0 Å². The Labute approximate surface area is 193 Å². The van der Waals surface area contributed by atoms with Gasteiger partial charge in [0.15, 0.2) is 0 Å². The van der Waals surface area contributed by atoms with Crippen molar-refractivity contribution in [3.05, 3.63) is 18.2 Å². The minimum atomic E-state index is -1.02. The Morgan fingerprint density at radius 2 is 1.88 bits per heavy atom. The van der Waals surface area contributed by atoms with E-state index in [-0.39, 0.29) is 24.2 Å². The Hall–Kier alpha value is -2.95. The molecule has 5 unspecified atom stereocenters. The van der Waals surface area contributed by atoms with E-state index in [0.29, 0.717) is 50.9 Å². The predicted octanol–water partition coefficient (Wildman–Crippen LogP) is -0.123. The maximum atomic E-state index is 13.5. The molecule has 0 radical (unpaired) electrons. The van der Waals surface area contributed by atoms with Crippen LogP contribution in [0.3, 0.4) is 0 Å². The number of carboxylic acid groups (broad SMARTS) is 1. The number of hydrogen-bond donors (Lipinski definition) is 4. The topological polar surface area (TPSA) is 162 Å². The summed E-state index contributed by atoms with van der Waals surface area (Å²) >= 11 is 0. The van der Waals surface area contributed by atoms with Crippen LogP contribution < -0.4 is 11.1 Å². The van der Waals surface area contributed by atoms with E-state index >= 15 is 0 Å². The van der Waals surface area contributed by atoms with Gasteiger partial charge in [0.2, 0.25) is 17.7 Å². The number of hydrogen-bond acceptors (Lipinski definition) is 6. The molecular weight excluding hydrogens is 428 g/mol. The number of nitrogens with two attached hydrogens (primary N) is 1. The molecule has 5 N–H and O–H groups in total. The number of aromatic nitrogens is 2. The van der Waals surface area contributed by atoms with Gasteiger partial charge < -0.3 is 30.9 Å². The van der Waals surface area contributed by atoms with Crippen molar-refractivity contribution in [1.82, 2.24) is 25.1 Å². The summed E-state index contributed by atoms with van der Waals surface area (Å²) in [7, 11) is 0. The summed E-state index contributed by atoms with van der Waals surface area (Å²) in [6.45, 7) is 4.57. The van der Waals surface area contributed by atoms with E-state index in [2.05, 4.69) is 15.3 Å².